The van der Waals surface area contributed by atoms with Gasteiger partial charge in [0, 0.05) is 17.1 Å². The van der Waals surface area contributed by atoms with E-state index in [9.17, 15) is 9.18 Å². The molecule has 0 atom stereocenters. The lowest BCUT2D eigenvalue weighted by molar-refractivity contribution is -0.111. The predicted octanol–water partition coefficient (Wildman–Crippen LogP) is 4.11. The lowest BCUT2D eigenvalue weighted by Crippen LogP contribution is -2.09. The van der Waals surface area contributed by atoms with Crippen molar-refractivity contribution in [1.29, 1.82) is 0 Å². The number of halogens is 1. The fraction of sp³-hybridized carbons (Fsp3) is 0.136. The van der Waals surface area contributed by atoms with Gasteiger partial charge in [0.05, 0.1) is 10.7 Å². The van der Waals surface area contributed by atoms with Gasteiger partial charge in [0.15, 0.2) is 5.82 Å². The highest BCUT2D eigenvalue weighted by atomic mass is 32.1. The van der Waals surface area contributed by atoms with E-state index in [2.05, 4.69) is 25.8 Å². The van der Waals surface area contributed by atoms with E-state index < -0.39 is 5.82 Å². The van der Waals surface area contributed by atoms with Gasteiger partial charge < -0.3 is 10.1 Å². The third-order valence-electron chi connectivity index (χ3n) is 4.43. The van der Waals surface area contributed by atoms with E-state index in [0.717, 1.165) is 16.3 Å². The van der Waals surface area contributed by atoms with Crippen molar-refractivity contribution < 1.29 is 13.9 Å². The average molecular weight is 450 g/mol. The molecule has 0 aliphatic carbocycles. The molecule has 0 aliphatic rings. The molecule has 32 heavy (non-hydrogen) atoms. The highest BCUT2D eigenvalue weighted by Gasteiger charge is 2.11. The van der Waals surface area contributed by atoms with Gasteiger partial charge in [-0.05, 0) is 66.2 Å². The van der Waals surface area contributed by atoms with Crippen LogP contribution in [0.2, 0.25) is 0 Å². The molecule has 0 aliphatic heterocycles. The van der Waals surface area contributed by atoms with Crippen molar-refractivity contribution >= 4 is 29.0 Å². The van der Waals surface area contributed by atoms with Crippen molar-refractivity contribution in [3.63, 3.8) is 0 Å². The van der Waals surface area contributed by atoms with Gasteiger partial charge in [-0.2, -0.15) is 4.68 Å². The zero-order chi connectivity index (χ0) is 22.5. The molecular formula is C22H19FN6O2S. The summed E-state index contributed by atoms with van der Waals surface area (Å²) >= 11 is 1.59. The SMILES string of the molecule is Cc1nc(COc2ccc(/C=C/C(=O)Nc3ccc(F)c(-n4nnnc4C)c3)cc2)cs1. The van der Waals surface area contributed by atoms with Gasteiger partial charge in [0.25, 0.3) is 0 Å². The summed E-state index contributed by atoms with van der Waals surface area (Å²) in [6.07, 6.45) is 3.08. The molecule has 10 heteroatoms. The Hall–Kier alpha value is -3.92. The number of benzene rings is 2. The number of nitrogens with one attached hydrogen (secondary N) is 1. The van der Waals surface area contributed by atoms with Crippen molar-refractivity contribution in [2.24, 2.45) is 0 Å². The number of hydrogen-bond acceptors (Lipinski definition) is 7. The van der Waals surface area contributed by atoms with Gasteiger partial charge >= 0.3 is 0 Å². The number of carbonyl (C=O) groups excluding carboxylic acids is 1. The number of nitrogens with zero attached hydrogens (tertiary/aromatic N) is 5. The Balaban J connectivity index is 1.36. The fourth-order valence-corrected chi connectivity index (χ4v) is 3.47. The molecule has 0 unspecified atom stereocenters. The molecule has 0 bridgehead atoms. The molecule has 8 nitrogen and oxygen atoms in total. The topological polar surface area (TPSA) is 94.8 Å². The predicted molar refractivity (Wildman–Crippen MR) is 119 cm³/mol. The molecule has 2 aromatic heterocycles. The summed E-state index contributed by atoms with van der Waals surface area (Å²) < 4.78 is 21.1. The van der Waals surface area contributed by atoms with E-state index in [1.165, 1.54) is 29.0 Å². The normalized spacial score (nSPS) is 11.1. The molecule has 0 spiro atoms. The Bertz CT molecular complexity index is 1270. The molecular weight excluding hydrogens is 431 g/mol. The van der Waals surface area contributed by atoms with Crippen LogP contribution >= 0.6 is 11.3 Å². The van der Waals surface area contributed by atoms with E-state index in [1.807, 2.05) is 36.6 Å². The van der Waals surface area contributed by atoms with E-state index in [1.54, 1.807) is 24.3 Å². The highest BCUT2D eigenvalue weighted by molar-refractivity contribution is 7.09. The van der Waals surface area contributed by atoms with Gasteiger partial charge in [0.1, 0.15) is 23.9 Å². The highest BCUT2D eigenvalue weighted by Crippen LogP contribution is 2.19. The molecule has 4 aromatic rings. The minimum Gasteiger partial charge on any atom is -0.487 e. The van der Waals surface area contributed by atoms with Crippen LogP contribution in [0.15, 0.2) is 53.9 Å². The number of aryl methyl sites for hydroxylation is 2. The Morgan fingerprint density at radius 3 is 2.72 bits per heavy atom. The first kappa shape index (κ1) is 21.3. The summed E-state index contributed by atoms with van der Waals surface area (Å²) in [5.74, 6) is 0.298. The zero-order valence-corrected chi connectivity index (χ0v) is 18.1. The molecule has 1 N–H and O–H groups in total. The number of ether oxygens (including phenoxy) is 1. The second-order valence-electron chi connectivity index (χ2n) is 6.84. The van der Waals surface area contributed by atoms with Gasteiger partial charge in [-0.25, -0.2) is 9.37 Å². The summed E-state index contributed by atoms with van der Waals surface area (Å²) in [5.41, 5.74) is 2.30. The van der Waals surface area contributed by atoms with Crippen molar-refractivity contribution in [3.8, 4) is 11.4 Å². The molecule has 2 aromatic carbocycles. The van der Waals surface area contributed by atoms with Crippen molar-refractivity contribution in [1.82, 2.24) is 25.2 Å². The van der Waals surface area contributed by atoms with Crippen LogP contribution in [0.3, 0.4) is 0 Å². The van der Waals surface area contributed by atoms with Crippen LogP contribution in [0.25, 0.3) is 11.8 Å². The lowest BCUT2D eigenvalue weighted by Gasteiger charge is -2.07. The first-order valence-corrected chi connectivity index (χ1v) is 10.5. The Morgan fingerprint density at radius 1 is 1.22 bits per heavy atom. The number of aromatic nitrogens is 5. The first-order valence-electron chi connectivity index (χ1n) is 9.66. The Morgan fingerprint density at radius 2 is 2.03 bits per heavy atom. The van der Waals surface area contributed by atoms with E-state index in [0.29, 0.717) is 23.9 Å². The zero-order valence-electron chi connectivity index (χ0n) is 17.3. The third-order valence-corrected chi connectivity index (χ3v) is 5.25. The Kier molecular flexibility index (Phi) is 6.31. The number of carbonyl (C=O) groups is 1. The summed E-state index contributed by atoms with van der Waals surface area (Å²) in [4.78, 5) is 16.7. The fourth-order valence-electron chi connectivity index (χ4n) is 2.87. The van der Waals surface area contributed by atoms with Crippen molar-refractivity contribution in [2.45, 2.75) is 20.5 Å². The van der Waals surface area contributed by atoms with Gasteiger partial charge in [-0.15, -0.1) is 16.4 Å². The quantitative estimate of drug-likeness (QED) is 0.426. The van der Waals surface area contributed by atoms with Crippen molar-refractivity contribution in [3.05, 3.63) is 81.8 Å². The maximum Gasteiger partial charge on any atom is 0.248 e. The van der Waals surface area contributed by atoms with Crippen LogP contribution < -0.4 is 10.1 Å². The smallest absolute Gasteiger partial charge is 0.248 e. The maximum absolute atomic E-state index is 14.1. The molecule has 1 amide bonds. The summed E-state index contributed by atoms with van der Waals surface area (Å²) in [6.45, 7) is 4.02. The second-order valence-corrected chi connectivity index (χ2v) is 7.90. The standard InChI is InChI=1S/C22H19FN6O2S/c1-14-26-27-28-29(14)21-11-17(6-9-20(21)23)25-22(30)10-5-16-3-7-19(8-4-16)31-12-18-13-32-15(2)24-18/h3-11,13H,12H2,1-2H3,(H,25,30)/b10-5+. The molecule has 0 saturated heterocycles. The van der Waals surface area contributed by atoms with Gasteiger partial charge in [-0.3, -0.25) is 4.79 Å². The molecule has 2 heterocycles. The first-order chi connectivity index (χ1) is 15.5. The summed E-state index contributed by atoms with van der Waals surface area (Å²) in [6, 6.07) is 11.6. The third kappa shape index (κ3) is 5.22. The molecule has 0 fully saturated rings. The number of anilines is 1. The average Bonchev–Trinajstić information content (AvgIpc) is 3.40. The van der Waals surface area contributed by atoms with Crippen LogP contribution in [0.1, 0.15) is 22.1 Å². The lowest BCUT2D eigenvalue weighted by atomic mass is 10.2. The monoisotopic (exact) mass is 450 g/mol. The Labute approximate surface area is 187 Å². The van der Waals surface area contributed by atoms with Crippen LogP contribution in [-0.4, -0.2) is 31.1 Å². The number of tetrazole rings is 1. The largest absolute Gasteiger partial charge is 0.487 e. The van der Waals surface area contributed by atoms with Gasteiger partial charge in [-0.1, -0.05) is 12.1 Å². The molecule has 0 saturated carbocycles. The molecule has 0 radical (unpaired) electrons. The van der Waals surface area contributed by atoms with Crippen LogP contribution in [0.5, 0.6) is 5.75 Å². The minimum absolute atomic E-state index is 0.151. The minimum atomic E-state index is -0.499. The van der Waals surface area contributed by atoms with E-state index in [4.69, 9.17) is 4.74 Å². The molecule has 4 rings (SSSR count). The second kappa shape index (κ2) is 9.48. The number of hydrogen-bond donors (Lipinski definition) is 1. The van der Waals surface area contributed by atoms with E-state index >= 15 is 0 Å². The van der Waals surface area contributed by atoms with E-state index in [-0.39, 0.29) is 11.6 Å². The summed E-state index contributed by atoms with van der Waals surface area (Å²) in [5, 5.41) is 16.7. The maximum atomic E-state index is 14.1. The number of thiazole rings is 1. The number of amides is 1. The number of rotatable bonds is 7. The van der Waals surface area contributed by atoms with Crippen LogP contribution in [-0.2, 0) is 11.4 Å². The molecule has 162 valence electrons. The van der Waals surface area contributed by atoms with Crippen LogP contribution in [0.4, 0.5) is 10.1 Å². The van der Waals surface area contributed by atoms with Crippen LogP contribution in [0, 0.1) is 19.7 Å². The van der Waals surface area contributed by atoms with Crippen molar-refractivity contribution in [2.75, 3.05) is 5.32 Å². The summed E-state index contributed by atoms with van der Waals surface area (Å²) in [7, 11) is 0. The van der Waals surface area contributed by atoms with Gasteiger partial charge in [0.2, 0.25) is 5.91 Å².